The number of morpholine rings is 1. The second-order valence-electron chi connectivity index (χ2n) is 7.50. The zero-order valence-electron chi connectivity index (χ0n) is 16.3. The van der Waals surface area contributed by atoms with Crippen LogP contribution in [0.3, 0.4) is 0 Å². The number of halogens is 1. The predicted octanol–water partition coefficient (Wildman–Crippen LogP) is 2.44. The van der Waals surface area contributed by atoms with Crippen molar-refractivity contribution in [2.24, 2.45) is 0 Å². The maximum Gasteiger partial charge on any atom is 0.238 e. The molecule has 0 spiro atoms. The van der Waals surface area contributed by atoms with E-state index < -0.39 is 0 Å². The quantitative estimate of drug-likeness (QED) is 0.677. The molecule has 29 heavy (non-hydrogen) atoms. The number of carbonyl (C=O) groups excluding carboxylic acids is 1. The number of hydrogen-bond acceptors (Lipinski definition) is 5. The van der Waals surface area contributed by atoms with E-state index in [-0.39, 0.29) is 24.0 Å². The molecule has 0 bridgehead atoms. The van der Waals surface area contributed by atoms with Gasteiger partial charge < -0.3 is 10.1 Å². The summed E-state index contributed by atoms with van der Waals surface area (Å²) in [6.07, 6.45) is 0.721. The van der Waals surface area contributed by atoms with Gasteiger partial charge in [-0.15, -0.1) is 0 Å². The Hall–Kier alpha value is -1.96. The van der Waals surface area contributed by atoms with E-state index in [9.17, 15) is 4.79 Å². The Morgan fingerprint density at radius 2 is 1.83 bits per heavy atom. The number of benzene rings is 2. The van der Waals surface area contributed by atoms with Crippen molar-refractivity contribution < 1.29 is 9.53 Å². The van der Waals surface area contributed by atoms with Gasteiger partial charge in [-0.05, 0) is 29.7 Å². The maximum atomic E-state index is 12.8. The number of carbonyl (C=O) groups is 1. The van der Waals surface area contributed by atoms with Crippen LogP contribution in [0.4, 0.5) is 0 Å². The van der Waals surface area contributed by atoms with Gasteiger partial charge in [-0.25, -0.2) is 10.9 Å². The van der Waals surface area contributed by atoms with E-state index in [2.05, 4.69) is 33.2 Å². The van der Waals surface area contributed by atoms with E-state index in [0.29, 0.717) is 24.8 Å². The fourth-order valence-corrected chi connectivity index (χ4v) is 4.11. The zero-order chi connectivity index (χ0) is 20.1. The Morgan fingerprint density at radius 1 is 1.10 bits per heavy atom. The molecule has 2 aromatic rings. The molecule has 0 aliphatic carbocycles. The fraction of sp³-hybridized carbons (Fsp3) is 0.409. The molecule has 2 heterocycles. The molecule has 1 amide bonds. The highest BCUT2D eigenvalue weighted by Crippen LogP contribution is 2.24. The van der Waals surface area contributed by atoms with Crippen LogP contribution >= 0.6 is 11.6 Å². The molecule has 2 aliphatic heterocycles. The zero-order valence-corrected chi connectivity index (χ0v) is 17.1. The molecule has 0 aromatic heterocycles. The summed E-state index contributed by atoms with van der Waals surface area (Å²) in [7, 11) is 0. The smallest absolute Gasteiger partial charge is 0.238 e. The molecular weight excluding hydrogens is 388 g/mol. The average Bonchev–Trinajstić information content (AvgIpc) is 3.27. The van der Waals surface area contributed by atoms with Crippen molar-refractivity contribution in [3.05, 3.63) is 70.7 Å². The molecule has 2 saturated heterocycles. The van der Waals surface area contributed by atoms with E-state index in [1.54, 1.807) is 0 Å². The minimum Gasteiger partial charge on any atom is -0.379 e. The molecule has 0 radical (unpaired) electrons. The maximum absolute atomic E-state index is 12.8. The van der Waals surface area contributed by atoms with Crippen LogP contribution in [0.25, 0.3) is 0 Å². The summed E-state index contributed by atoms with van der Waals surface area (Å²) in [6.45, 7) is 3.68. The third-order valence-electron chi connectivity index (χ3n) is 5.63. The van der Waals surface area contributed by atoms with Crippen LogP contribution in [-0.2, 0) is 9.53 Å². The second-order valence-corrected chi connectivity index (χ2v) is 7.94. The normalized spacial score (nSPS) is 23.6. The molecule has 7 heteroatoms. The summed E-state index contributed by atoms with van der Waals surface area (Å²) in [5.41, 5.74) is 8.72. The first-order valence-corrected chi connectivity index (χ1v) is 10.5. The summed E-state index contributed by atoms with van der Waals surface area (Å²) in [4.78, 5) is 15.2. The van der Waals surface area contributed by atoms with Gasteiger partial charge in [0.05, 0.1) is 19.3 Å². The molecule has 3 N–H and O–H groups in total. The molecule has 3 unspecified atom stereocenters. The van der Waals surface area contributed by atoms with Crippen molar-refractivity contribution >= 4 is 17.5 Å². The molecular formula is C22H27ClN4O2. The minimum absolute atomic E-state index is 0.0168. The van der Waals surface area contributed by atoms with Crippen LogP contribution < -0.4 is 16.2 Å². The van der Waals surface area contributed by atoms with Crippen LogP contribution in [0.2, 0.25) is 5.02 Å². The van der Waals surface area contributed by atoms with Crippen LogP contribution in [-0.4, -0.2) is 49.7 Å². The van der Waals surface area contributed by atoms with Crippen LogP contribution in [0.1, 0.15) is 29.6 Å². The van der Waals surface area contributed by atoms with Crippen molar-refractivity contribution in [3.8, 4) is 0 Å². The molecule has 2 fully saturated rings. The number of nitrogens with zero attached hydrogens (tertiary/aromatic N) is 1. The monoisotopic (exact) mass is 414 g/mol. The highest BCUT2D eigenvalue weighted by atomic mass is 35.5. The highest BCUT2D eigenvalue weighted by Gasteiger charge is 2.31. The van der Waals surface area contributed by atoms with E-state index in [1.165, 1.54) is 5.56 Å². The van der Waals surface area contributed by atoms with E-state index >= 15 is 0 Å². The van der Waals surface area contributed by atoms with E-state index in [1.807, 2.05) is 42.5 Å². The molecule has 3 atom stereocenters. The lowest BCUT2D eigenvalue weighted by molar-refractivity contribution is -0.123. The number of rotatable bonds is 6. The number of ether oxygens (including phenoxy) is 1. The molecule has 0 saturated carbocycles. The third kappa shape index (κ3) is 5.15. The summed E-state index contributed by atoms with van der Waals surface area (Å²) in [5, 5.41) is 3.86. The Labute approximate surface area is 176 Å². The van der Waals surface area contributed by atoms with Gasteiger partial charge in [-0.1, -0.05) is 54.1 Å². The summed E-state index contributed by atoms with van der Waals surface area (Å²) in [6, 6.07) is 18.0. The van der Waals surface area contributed by atoms with Crippen molar-refractivity contribution in [1.82, 2.24) is 21.1 Å². The molecule has 6 nitrogen and oxygen atoms in total. The van der Waals surface area contributed by atoms with Crippen molar-refractivity contribution in [2.75, 3.05) is 32.8 Å². The van der Waals surface area contributed by atoms with Crippen LogP contribution in [0.5, 0.6) is 0 Å². The van der Waals surface area contributed by atoms with Gasteiger partial charge in [0.1, 0.15) is 6.04 Å². The van der Waals surface area contributed by atoms with Crippen molar-refractivity contribution in [1.29, 1.82) is 0 Å². The van der Waals surface area contributed by atoms with Gasteiger partial charge in [0.15, 0.2) is 0 Å². The van der Waals surface area contributed by atoms with E-state index in [0.717, 1.165) is 25.1 Å². The SMILES string of the molecule is O=C(NCC(c1ccc(Cl)cc1)N1CCOCC1)C1CC(c2ccccc2)NN1. The molecule has 2 aliphatic rings. The Morgan fingerprint density at radius 3 is 2.55 bits per heavy atom. The topological polar surface area (TPSA) is 65.6 Å². The Kier molecular flexibility index (Phi) is 6.79. The van der Waals surface area contributed by atoms with Gasteiger partial charge in [0, 0.05) is 30.7 Å². The first-order chi connectivity index (χ1) is 14.2. The largest absolute Gasteiger partial charge is 0.379 e. The number of nitrogens with one attached hydrogen (secondary N) is 3. The van der Waals surface area contributed by atoms with Gasteiger partial charge in [0.2, 0.25) is 5.91 Å². The first-order valence-electron chi connectivity index (χ1n) is 10.1. The van der Waals surface area contributed by atoms with Gasteiger partial charge in [-0.2, -0.15) is 0 Å². The molecule has 2 aromatic carbocycles. The lowest BCUT2D eigenvalue weighted by Crippen LogP contribution is -2.48. The minimum atomic E-state index is -0.254. The van der Waals surface area contributed by atoms with Gasteiger partial charge in [0.25, 0.3) is 0 Å². The number of hydrazine groups is 1. The third-order valence-corrected chi connectivity index (χ3v) is 5.88. The summed E-state index contributed by atoms with van der Waals surface area (Å²) < 4.78 is 5.50. The van der Waals surface area contributed by atoms with Crippen LogP contribution in [0.15, 0.2) is 54.6 Å². The Bertz CT molecular complexity index is 796. The predicted molar refractivity (Wildman–Crippen MR) is 113 cm³/mol. The first kappa shape index (κ1) is 20.3. The molecule has 4 rings (SSSR count). The van der Waals surface area contributed by atoms with Gasteiger partial charge in [-0.3, -0.25) is 9.69 Å². The van der Waals surface area contributed by atoms with Crippen LogP contribution in [0, 0.1) is 0 Å². The number of amides is 1. The fourth-order valence-electron chi connectivity index (χ4n) is 3.98. The lowest BCUT2D eigenvalue weighted by Gasteiger charge is -2.35. The standard InChI is InChI=1S/C22H27ClN4O2/c23-18-8-6-17(7-9-18)21(27-10-12-29-13-11-27)15-24-22(28)20-14-19(25-26-20)16-4-2-1-3-5-16/h1-9,19-21,25-26H,10-15H2,(H,24,28). The lowest BCUT2D eigenvalue weighted by atomic mass is 10.0. The average molecular weight is 415 g/mol. The highest BCUT2D eigenvalue weighted by molar-refractivity contribution is 6.30. The van der Waals surface area contributed by atoms with Gasteiger partial charge >= 0.3 is 0 Å². The van der Waals surface area contributed by atoms with E-state index in [4.69, 9.17) is 16.3 Å². The summed E-state index contributed by atoms with van der Waals surface area (Å²) in [5.74, 6) is 0.0168. The Balaban J connectivity index is 1.38. The molecule has 154 valence electrons. The van der Waals surface area contributed by atoms with Crippen molar-refractivity contribution in [3.63, 3.8) is 0 Å². The van der Waals surface area contributed by atoms with Crippen molar-refractivity contribution in [2.45, 2.75) is 24.5 Å². The number of hydrogen-bond donors (Lipinski definition) is 3. The summed E-state index contributed by atoms with van der Waals surface area (Å²) >= 11 is 6.06. The second kappa shape index (κ2) is 9.69.